The van der Waals surface area contributed by atoms with Crippen LogP contribution in [0.1, 0.15) is 0 Å². The van der Waals surface area contributed by atoms with Crippen LogP contribution in [0.15, 0.2) is 231 Å². The number of aromatic nitrogens is 4. The van der Waals surface area contributed by atoms with Gasteiger partial charge in [0.05, 0.1) is 33.1 Å². The minimum atomic E-state index is 0.796. The highest BCUT2D eigenvalue weighted by atomic mass is 15.1. The van der Waals surface area contributed by atoms with Gasteiger partial charge in [0.1, 0.15) is 5.69 Å². The zero-order chi connectivity index (χ0) is 42.1. The molecule has 0 aliphatic heterocycles. The van der Waals surface area contributed by atoms with Crippen molar-refractivity contribution in [3.63, 3.8) is 0 Å². The standard InChI is InChI=1S/C60H38N4/c1-3-16-39(17-4-1)41-22-13-24-46(34-41)59-60(62-53-29-11-10-28-52(53)61-59)64-56-38-45(32-33-49(56)51-36-43-20-7-8-21-44(43)37-57(51)64)48-27-15-31-55-58(48)50-26-9-12-30-54(50)63(55)47-25-14-23-42(35-47)40-18-5-2-6-19-40/h1-38H. The van der Waals surface area contributed by atoms with E-state index in [0.717, 1.165) is 72.4 Å². The van der Waals surface area contributed by atoms with E-state index in [2.05, 4.69) is 228 Å². The monoisotopic (exact) mass is 814 g/mol. The minimum absolute atomic E-state index is 0.796. The molecule has 0 radical (unpaired) electrons. The summed E-state index contributed by atoms with van der Waals surface area (Å²) in [6.07, 6.45) is 0. The Kier molecular flexibility index (Phi) is 8.18. The lowest BCUT2D eigenvalue weighted by Gasteiger charge is -2.15. The van der Waals surface area contributed by atoms with Crippen molar-refractivity contribution in [3.05, 3.63) is 231 Å². The molecule has 0 N–H and O–H groups in total. The van der Waals surface area contributed by atoms with E-state index in [1.54, 1.807) is 0 Å². The van der Waals surface area contributed by atoms with Gasteiger partial charge >= 0.3 is 0 Å². The Bertz CT molecular complexity index is 3950. The number of para-hydroxylation sites is 3. The van der Waals surface area contributed by atoms with Gasteiger partial charge in [-0.25, -0.2) is 9.97 Å². The summed E-state index contributed by atoms with van der Waals surface area (Å²) >= 11 is 0. The molecule has 0 amide bonds. The second-order valence-corrected chi connectivity index (χ2v) is 16.6. The van der Waals surface area contributed by atoms with Crippen molar-refractivity contribution >= 4 is 65.4 Å². The van der Waals surface area contributed by atoms with Crippen LogP contribution in [0.5, 0.6) is 0 Å². The number of nitrogens with zero attached hydrogens (tertiary/aromatic N) is 4. The molecule has 0 atom stereocenters. The van der Waals surface area contributed by atoms with Crippen LogP contribution in [-0.2, 0) is 0 Å². The van der Waals surface area contributed by atoms with Gasteiger partial charge in [-0.05, 0) is 105 Å². The summed E-state index contributed by atoms with van der Waals surface area (Å²) in [5.74, 6) is 0.796. The van der Waals surface area contributed by atoms with Gasteiger partial charge < -0.3 is 4.57 Å². The van der Waals surface area contributed by atoms with Crippen LogP contribution in [0.25, 0.3) is 122 Å². The van der Waals surface area contributed by atoms with Crippen LogP contribution >= 0.6 is 0 Å². The number of fused-ring (bicyclic) bond motifs is 8. The first kappa shape index (κ1) is 36.1. The van der Waals surface area contributed by atoms with Gasteiger partial charge in [-0.15, -0.1) is 0 Å². The maximum atomic E-state index is 5.53. The second kappa shape index (κ2) is 14.5. The summed E-state index contributed by atoms with van der Waals surface area (Å²) in [5.41, 5.74) is 16.2. The van der Waals surface area contributed by atoms with Crippen LogP contribution < -0.4 is 0 Å². The summed E-state index contributed by atoms with van der Waals surface area (Å²) in [6, 6.07) is 82.8. The van der Waals surface area contributed by atoms with Crippen molar-refractivity contribution < 1.29 is 0 Å². The molecule has 64 heavy (non-hydrogen) atoms. The fourth-order valence-electron chi connectivity index (χ4n) is 9.91. The van der Waals surface area contributed by atoms with Gasteiger partial charge in [0.25, 0.3) is 0 Å². The molecule has 4 nitrogen and oxygen atoms in total. The maximum absolute atomic E-state index is 5.53. The van der Waals surface area contributed by atoms with E-state index in [0.29, 0.717) is 0 Å². The lowest BCUT2D eigenvalue weighted by molar-refractivity contribution is 1.08. The highest BCUT2D eigenvalue weighted by Crippen LogP contribution is 2.43. The molecule has 3 heterocycles. The zero-order valence-corrected chi connectivity index (χ0v) is 34.7. The van der Waals surface area contributed by atoms with Gasteiger partial charge in [-0.2, -0.15) is 0 Å². The smallest absolute Gasteiger partial charge is 0.165 e. The van der Waals surface area contributed by atoms with Crippen molar-refractivity contribution in [2.75, 3.05) is 0 Å². The second-order valence-electron chi connectivity index (χ2n) is 16.6. The van der Waals surface area contributed by atoms with E-state index < -0.39 is 0 Å². The van der Waals surface area contributed by atoms with Gasteiger partial charge in [0, 0.05) is 32.8 Å². The molecule has 0 saturated heterocycles. The summed E-state index contributed by atoms with van der Waals surface area (Å²) in [4.78, 5) is 11.0. The average molecular weight is 815 g/mol. The summed E-state index contributed by atoms with van der Waals surface area (Å²) in [5, 5.41) is 7.15. The minimum Gasteiger partial charge on any atom is -0.309 e. The van der Waals surface area contributed by atoms with Gasteiger partial charge in [0.2, 0.25) is 0 Å². The molecule has 0 saturated carbocycles. The van der Waals surface area contributed by atoms with Crippen LogP contribution in [0, 0.1) is 0 Å². The SMILES string of the molecule is c1ccc(-c2cccc(-c3nc4ccccc4nc3-n3c4cc(-c5cccc6c5c5ccccc5n6-c5cccc(-c6ccccc6)c5)ccc4c4cc5ccccc5cc43)c2)cc1. The summed E-state index contributed by atoms with van der Waals surface area (Å²) in [7, 11) is 0. The van der Waals surface area contributed by atoms with E-state index >= 15 is 0 Å². The maximum Gasteiger partial charge on any atom is 0.165 e. The van der Waals surface area contributed by atoms with Crippen molar-refractivity contribution in [2.24, 2.45) is 0 Å². The molecule has 0 fully saturated rings. The third kappa shape index (κ3) is 5.77. The van der Waals surface area contributed by atoms with Crippen molar-refractivity contribution in [2.45, 2.75) is 0 Å². The Morgan fingerprint density at radius 2 is 0.891 bits per heavy atom. The number of hydrogen-bond acceptors (Lipinski definition) is 2. The Hall–Kier alpha value is -8.60. The number of rotatable bonds is 6. The Morgan fingerprint density at radius 3 is 1.69 bits per heavy atom. The largest absolute Gasteiger partial charge is 0.309 e. The van der Waals surface area contributed by atoms with Crippen LogP contribution in [0.3, 0.4) is 0 Å². The zero-order valence-electron chi connectivity index (χ0n) is 34.7. The fourth-order valence-corrected chi connectivity index (χ4v) is 9.91. The molecule has 4 heteroatoms. The highest BCUT2D eigenvalue weighted by Gasteiger charge is 2.22. The lowest BCUT2D eigenvalue weighted by Crippen LogP contribution is -2.04. The molecule has 13 rings (SSSR count). The molecular weight excluding hydrogens is 777 g/mol. The predicted octanol–water partition coefficient (Wildman–Crippen LogP) is 15.6. The normalized spacial score (nSPS) is 11.8. The van der Waals surface area contributed by atoms with E-state index in [4.69, 9.17) is 9.97 Å². The Morgan fingerprint density at radius 1 is 0.297 bits per heavy atom. The quantitative estimate of drug-likeness (QED) is 0.168. The fraction of sp³-hybridized carbons (Fsp3) is 0. The number of hydrogen-bond donors (Lipinski definition) is 0. The Balaban J connectivity index is 1.08. The molecule has 0 bridgehead atoms. The van der Waals surface area contributed by atoms with Crippen molar-refractivity contribution in [3.8, 4) is 56.1 Å². The lowest BCUT2D eigenvalue weighted by atomic mass is 9.98. The van der Waals surface area contributed by atoms with Gasteiger partial charge in [-0.1, -0.05) is 170 Å². The van der Waals surface area contributed by atoms with Gasteiger partial charge in [-0.3, -0.25) is 4.57 Å². The van der Waals surface area contributed by atoms with E-state index in [9.17, 15) is 0 Å². The molecule has 0 spiro atoms. The first-order chi connectivity index (χ1) is 31.7. The molecule has 13 aromatic rings. The first-order valence-electron chi connectivity index (χ1n) is 21.8. The first-order valence-corrected chi connectivity index (χ1v) is 21.8. The highest BCUT2D eigenvalue weighted by molar-refractivity contribution is 6.18. The summed E-state index contributed by atoms with van der Waals surface area (Å²) in [6.45, 7) is 0. The van der Waals surface area contributed by atoms with Crippen LogP contribution in [0.4, 0.5) is 0 Å². The third-order valence-electron chi connectivity index (χ3n) is 12.9. The molecule has 0 unspecified atom stereocenters. The van der Waals surface area contributed by atoms with Crippen molar-refractivity contribution in [1.82, 2.24) is 19.1 Å². The van der Waals surface area contributed by atoms with Crippen molar-refractivity contribution in [1.29, 1.82) is 0 Å². The molecule has 298 valence electrons. The summed E-state index contributed by atoms with van der Waals surface area (Å²) < 4.78 is 4.78. The topological polar surface area (TPSA) is 35.6 Å². The third-order valence-corrected chi connectivity index (χ3v) is 12.9. The molecule has 3 aromatic heterocycles. The Labute approximate surface area is 369 Å². The van der Waals surface area contributed by atoms with Crippen LogP contribution in [0.2, 0.25) is 0 Å². The van der Waals surface area contributed by atoms with Gasteiger partial charge in [0.15, 0.2) is 5.82 Å². The van der Waals surface area contributed by atoms with E-state index in [1.807, 2.05) is 12.1 Å². The van der Waals surface area contributed by atoms with Crippen LogP contribution in [-0.4, -0.2) is 19.1 Å². The van der Waals surface area contributed by atoms with E-state index in [-0.39, 0.29) is 0 Å². The van der Waals surface area contributed by atoms with E-state index in [1.165, 1.54) is 49.1 Å². The number of benzene rings is 10. The molecular formula is C60H38N4. The average Bonchev–Trinajstić information content (AvgIpc) is 3.88. The predicted molar refractivity (Wildman–Crippen MR) is 267 cm³/mol. The molecule has 0 aliphatic rings. The molecule has 0 aliphatic carbocycles. The molecule has 10 aromatic carbocycles.